The minimum absolute atomic E-state index is 0.151. The van der Waals surface area contributed by atoms with Crippen LogP contribution in [0.1, 0.15) is 20.8 Å². The molecule has 0 aliphatic carbocycles. The van der Waals surface area contributed by atoms with Gasteiger partial charge in [-0.25, -0.2) is 0 Å². The molecule has 6 heteroatoms. The van der Waals surface area contributed by atoms with Crippen LogP contribution in [-0.2, 0) is 18.4 Å². The van der Waals surface area contributed by atoms with Crippen LogP contribution in [0.5, 0.6) is 0 Å². The van der Waals surface area contributed by atoms with E-state index in [0.29, 0.717) is 0 Å². The summed E-state index contributed by atoms with van der Waals surface area (Å²) in [4.78, 5) is 10.9. The van der Waals surface area contributed by atoms with Gasteiger partial charge in [0.05, 0.1) is 13.2 Å². The smallest absolute Gasteiger partial charge is 0.348 e. The van der Waals surface area contributed by atoms with Crippen molar-refractivity contribution in [3.63, 3.8) is 0 Å². The van der Waals surface area contributed by atoms with Crippen molar-refractivity contribution in [2.75, 3.05) is 13.2 Å². The Morgan fingerprint density at radius 2 is 1.87 bits per heavy atom. The molecule has 0 aromatic carbocycles. The van der Waals surface area contributed by atoms with Crippen LogP contribution in [0.2, 0.25) is 0 Å². The monoisotopic (exact) mass is 236 g/mol. The van der Waals surface area contributed by atoms with E-state index in [1.807, 2.05) is 0 Å². The van der Waals surface area contributed by atoms with E-state index in [1.165, 1.54) is 12.2 Å². The van der Waals surface area contributed by atoms with Crippen LogP contribution in [0.25, 0.3) is 0 Å². The summed E-state index contributed by atoms with van der Waals surface area (Å²) in [5.41, 5.74) is -1.23. The number of carboxylic acid groups (broad SMARTS) is 1. The van der Waals surface area contributed by atoms with E-state index in [2.05, 4.69) is 0 Å². The lowest BCUT2D eigenvalue weighted by Gasteiger charge is -2.20. The Hall–Kier alpha value is -0.640. The van der Waals surface area contributed by atoms with Gasteiger partial charge in [-0.1, -0.05) is 12.2 Å². The molecule has 15 heavy (non-hydrogen) atoms. The summed E-state index contributed by atoms with van der Waals surface area (Å²) in [7, 11) is -3.59. The minimum Gasteiger partial charge on any atom is -0.480 e. The molecule has 0 aliphatic heterocycles. The van der Waals surface area contributed by atoms with Crippen molar-refractivity contribution in [2.24, 2.45) is 0 Å². The van der Waals surface area contributed by atoms with Gasteiger partial charge in [-0.05, 0) is 20.8 Å². The topological polar surface area (TPSA) is 72.8 Å². The Morgan fingerprint density at radius 3 is 2.13 bits per heavy atom. The Labute approximate surface area is 89.6 Å². The van der Waals surface area contributed by atoms with Gasteiger partial charge in [-0.2, -0.15) is 0 Å². The summed E-state index contributed by atoms with van der Waals surface area (Å²) in [5, 5.41) is 8.91. The van der Waals surface area contributed by atoms with Gasteiger partial charge in [0.1, 0.15) is 0 Å². The molecular formula is C9H17O5P. The average Bonchev–Trinajstić information content (AvgIpc) is 2.14. The number of aliphatic carboxylic acids is 1. The predicted octanol–water partition coefficient (Wildman–Crippen LogP) is 2.28. The third-order valence-electron chi connectivity index (χ3n) is 1.59. The second-order valence-electron chi connectivity index (χ2n) is 2.68. The maximum atomic E-state index is 12.1. The zero-order valence-corrected chi connectivity index (χ0v) is 10.1. The Bertz CT molecular complexity index is 264. The number of allylic oxidation sites excluding steroid dienone is 1. The fraction of sp³-hybridized carbons (Fsp3) is 0.667. The molecule has 1 atom stereocenters. The van der Waals surface area contributed by atoms with Gasteiger partial charge in [-0.3, -0.25) is 9.36 Å². The number of carboxylic acids is 1. The van der Waals surface area contributed by atoms with Crippen LogP contribution < -0.4 is 0 Å². The highest BCUT2D eigenvalue weighted by Gasteiger charge is 2.39. The molecule has 88 valence electrons. The van der Waals surface area contributed by atoms with Crippen LogP contribution >= 0.6 is 7.60 Å². The molecule has 0 aliphatic rings. The molecule has 0 saturated carbocycles. The van der Waals surface area contributed by atoms with Gasteiger partial charge in [0.15, 0.2) is 5.66 Å². The first-order valence-corrected chi connectivity index (χ1v) is 6.37. The van der Waals surface area contributed by atoms with E-state index >= 15 is 0 Å². The fourth-order valence-electron chi connectivity index (χ4n) is 1.06. The van der Waals surface area contributed by atoms with Crippen molar-refractivity contribution in [3.05, 3.63) is 12.2 Å². The van der Waals surface area contributed by atoms with Gasteiger partial charge in [0.25, 0.3) is 0 Å². The number of carbonyl (C=O) groups is 1. The summed E-state index contributed by atoms with van der Waals surface area (Å²) < 4.78 is 22.0. The van der Waals surface area contributed by atoms with Crippen LogP contribution in [0.15, 0.2) is 12.2 Å². The molecule has 0 spiro atoms. The van der Waals surface area contributed by atoms with Crippen molar-refractivity contribution >= 4 is 13.6 Å². The Kier molecular flexibility index (Phi) is 6.48. The van der Waals surface area contributed by atoms with Crippen LogP contribution in [0, 0.1) is 0 Å². The molecule has 0 rings (SSSR count). The molecule has 0 saturated heterocycles. The predicted molar refractivity (Wildman–Crippen MR) is 57.1 cm³/mol. The van der Waals surface area contributed by atoms with Crippen molar-refractivity contribution in [1.29, 1.82) is 0 Å². The van der Waals surface area contributed by atoms with E-state index < -0.39 is 19.2 Å². The lowest BCUT2D eigenvalue weighted by molar-refractivity contribution is -0.136. The number of rotatable bonds is 7. The molecule has 0 heterocycles. The third kappa shape index (κ3) is 4.16. The quantitative estimate of drug-likeness (QED) is 0.542. The van der Waals surface area contributed by atoms with Gasteiger partial charge >= 0.3 is 13.6 Å². The van der Waals surface area contributed by atoms with E-state index in [0.717, 1.165) is 0 Å². The second-order valence-corrected chi connectivity index (χ2v) is 4.84. The number of hydrogen-bond donors (Lipinski definition) is 1. The first-order chi connectivity index (χ1) is 7.01. The minimum atomic E-state index is -3.59. The van der Waals surface area contributed by atoms with Crippen molar-refractivity contribution in [1.82, 2.24) is 0 Å². The van der Waals surface area contributed by atoms with Gasteiger partial charge in [0, 0.05) is 0 Å². The molecule has 0 radical (unpaired) electrons. The Balaban J connectivity index is 4.99. The maximum absolute atomic E-state index is 12.1. The average molecular weight is 236 g/mol. The summed E-state index contributed by atoms with van der Waals surface area (Å²) in [6.07, 6.45) is 2.83. The summed E-state index contributed by atoms with van der Waals surface area (Å²) in [6.45, 7) is 5.23. The van der Waals surface area contributed by atoms with Gasteiger partial charge in [-0.15, -0.1) is 0 Å². The van der Waals surface area contributed by atoms with E-state index in [-0.39, 0.29) is 13.2 Å². The van der Waals surface area contributed by atoms with E-state index in [9.17, 15) is 9.36 Å². The van der Waals surface area contributed by atoms with Crippen molar-refractivity contribution in [2.45, 2.75) is 26.4 Å². The van der Waals surface area contributed by atoms with E-state index in [1.54, 1.807) is 20.8 Å². The van der Waals surface area contributed by atoms with Gasteiger partial charge in [0.2, 0.25) is 0 Å². The molecular weight excluding hydrogens is 219 g/mol. The fourth-order valence-corrected chi connectivity index (χ4v) is 2.83. The molecule has 0 bridgehead atoms. The Morgan fingerprint density at radius 1 is 1.40 bits per heavy atom. The summed E-state index contributed by atoms with van der Waals surface area (Å²) >= 11 is 0. The van der Waals surface area contributed by atoms with Crippen LogP contribution in [-0.4, -0.2) is 29.9 Å². The van der Waals surface area contributed by atoms with Crippen molar-refractivity contribution < 1.29 is 23.5 Å². The first-order valence-electron chi connectivity index (χ1n) is 4.76. The molecule has 1 unspecified atom stereocenters. The maximum Gasteiger partial charge on any atom is 0.348 e. The summed E-state index contributed by atoms with van der Waals surface area (Å²) in [6, 6.07) is 0. The third-order valence-corrected chi connectivity index (χ3v) is 3.90. The van der Waals surface area contributed by atoms with E-state index in [4.69, 9.17) is 14.2 Å². The second kappa shape index (κ2) is 6.77. The SMILES string of the molecule is C/C=C\C(C(=O)O)P(=O)(OCC)OCC. The molecule has 1 N–H and O–H groups in total. The number of hydrogen-bond acceptors (Lipinski definition) is 4. The highest BCUT2D eigenvalue weighted by molar-refractivity contribution is 7.56. The van der Waals surface area contributed by atoms with Gasteiger partial charge < -0.3 is 14.2 Å². The molecule has 0 aromatic rings. The lowest BCUT2D eigenvalue weighted by atomic mass is 10.4. The van der Waals surface area contributed by atoms with Crippen molar-refractivity contribution in [3.8, 4) is 0 Å². The molecule has 0 fully saturated rings. The first kappa shape index (κ1) is 14.4. The lowest BCUT2D eigenvalue weighted by Crippen LogP contribution is -2.21. The molecule has 5 nitrogen and oxygen atoms in total. The van der Waals surface area contributed by atoms with Crippen LogP contribution in [0.3, 0.4) is 0 Å². The standard InChI is InChI=1S/C9H17O5P/c1-4-7-8(9(10)11)15(12,13-5-2)14-6-3/h4,7-8H,5-6H2,1-3H3,(H,10,11)/b7-4-. The highest BCUT2D eigenvalue weighted by Crippen LogP contribution is 2.53. The zero-order chi connectivity index (χ0) is 11.9. The summed E-state index contributed by atoms with van der Waals surface area (Å²) in [5.74, 6) is -1.21. The normalized spacial score (nSPS) is 14.3. The molecule has 0 amide bonds. The highest BCUT2D eigenvalue weighted by atomic mass is 31.2. The van der Waals surface area contributed by atoms with Crippen LogP contribution in [0.4, 0.5) is 0 Å². The molecule has 0 aromatic heterocycles. The zero-order valence-electron chi connectivity index (χ0n) is 9.17. The largest absolute Gasteiger partial charge is 0.480 e.